The summed E-state index contributed by atoms with van der Waals surface area (Å²) >= 11 is 1.43. The summed E-state index contributed by atoms with van der Waals surface area (Å²) in [7, 11) is 0. The Morgan fingerprint density at radius 2 is 1.42 bits per heavy atom. The van der Waals surface area contributed by atoms with Crippen LogP contribution in [0.25, 0.3) is 0 Å². The highest BCUT2D eigenvalue weighted by Gasteiger charge is 2.51. The van der Waals surface area contributed by atoms with Gasteiger partial charge in [0.25, 0.3) is 5.91 Å². The van der Waals surface area contributed by atoms with E-state index in [2.05, 4.69) is 10.6 Å². The van der Waals surface area contributed by atoms with E-state index in [-0.39, 0.29) is 17.4 Å². The van der Waals surface area contributed by atoms with Gasteiger partial charge in [-0.1, -0.05) is 29.8 Å². The highest BCUT2D eigenvalue weighted by atomic mass is 32.2. The summed E-state index contributed by atoms with van der Waals surface area (Å²) < 4.78 is 5.88. The minimum atomic E-state index is -0.193. The highest BCUT2D eigenvalue weighted by molar-refractivity contribution is 8.00. The summed E-state index contributed by atoms with van der Waals surface area (Å²) in [5, 5.41) is 6.42. The number of benzene rings is 3. The van der Waals surface area contributed by atoms with Crippen LogP contribution >= 0.6 is 11.8 Å². The van der Waals surface area contributed by atoms with Crippen LogP contribution in [0.3, 0.4) is 0 Å². The number of aryl methyl sites for hydroxylation is 1. The highest BCUT2D eigenvalue weighted by Crippen LogP contribution is 2.55. The maximum absolute atomic E-state index is 13.1. The van der Waals surface area contributed by atoms with Crippen molar-refractivity contribution in [2.24, 2.45) is 17.8 Å². The third-order valence-electron chi connectivity index (χ3n) is 8.30. The average molecular weight is 527 g/mol. The van der Waals surface area contributed by atoms with Crippen molar-refractivity contribution >= 4 is 29.3 Å². The fraction of sp³-hybridized carbons (Fsp3) is 0.375. The second kappa shape index (κ2) is 10.5. The lowest BCUT2D eigenvalue weighted by Crippen LogP contribution is -2.60. The van der Waals surface area contributed by atoms with Gasteiger partial charge in [0.15, 0.2) is 0 Å². The Morgan fingerprint density at radius 1 is 0.842 bits per heavy atom. The maximum Gasteiger partial charge on any atom is 0.256 e. The lowest BCUT2D eigenvalue weighted by Gasteiger charge is -2.56. The van der Waals surface area contributed by atoms with E-state index in [1.807, 2.05) is 79.7 Å². The number of ether oxygens (including phenoxy) is 1. The summed E-state index contributed by atoms with van der Waals surface area (Å²) in [6, 6.07) is 22.7. The van der Waals surface area contributed by atoms with Crippen molar-refractivity contribution in [3.05, 3.63) is 83.9 Å². The minimum absolute atomic E-state index is 0.0125. The molecule has 4 fully saturated rings. The van der Waals surface area contributed by atoms with Gasteiger partial charge in [-0.25, -0.2) is 0 Å². The lowest BCUT2D eigenvalue weighted by molar-refractivity contribution is -0.124. The number of rotatable bonds is 8. The van der Waals surface area contributed by atoms with Crippen LogP contribution in [-0.4, -0.2) is 23.1 Å². The van der Waals surface area contributed by atoms with E-state index < -0.39 is 0 Å². The van der Waals surface area contributed by atoms with Crippen LogP contribution in [0, 0.1) is 24.7 Å². The number of anilines is 1. The largest absolute Gasteiger partial charge is 0.457 e. The third kappa shape index (κ3) is 5.60. The summed E-state index contributed by atoms with van der Waals surface area (Å²) in [6.07, 6.45) is 7.49. The first-order chi connectivity index (χ1) is 18.4. The van der Waals surface area contributed by atoms with Gasteiger partial charge >= 0.3 is 0 Å². The molecule has 0 aromatic heterocycles. The molecule has 3 aromatic rings. The van der Waals surface area contributed by atoms with Crippen LogP contribution in [0.2, 0.25) is 0 Å². The monoisotopic (exact) mass is 526 g/mol. The van der Waals surface area contributed by atoms with Crippen molar-refractivity contribution in [1.29, 1.82) is 0 Å². The van der Waals surface area contributed by atoms with Crippen LogP contribution in [0.1, 0.15) is 54.4 Å². The molecule has 0 unspecified atom stereocenters. The van der Waals surface area contributed by atoms with Gasteiger partial charge < -0.3 is 15.4 Å². The van der Waals surface area contributed by atoms with Crippen molar-refractivity contribution in [3.63, 3.8) is 0 Å². The van der Waals surface area contributed by atoms with Gasteiger partial charge in [-0.15, -0.1) is 11.8 Å². The fourth-order valence-electron chi connectivity index (χ4n) is 7.07. The Kier molecular flexibility index (Phi) is 6.91. The molecule has 0 radical (unpaired) electrons. The molecule has 2 amide bonds. The first kappa shape index (κ1) is 25.1. The van der Waals surface area contributed by atoms with Crippen LogP contribution in [-0.2, 0) is 4.79 Å². The zero-order chi connectivity index (χ0) is 26.1. The second-order valence-electron chi connectivity index (χ2n) is 11.4. The van der Waals surface area contributed by atoms with E-state index in [9.17, 15) is 9.59 Å². The Bertz CT molecular complexity index is 1280. The second-order valence-corrected chi connectivity index (χ2v) is 12.4. The van der Waals surface area contributed by atoms with Gasteiger partial charge in [0, 0.05) is 16.1 Å². The zero-order valence-corrected chi connectivity index (χ0v) is 22.6. The molecular weight excluding hydrogens is 492 g/mol. The van der Waals surface area contributed by atoms with Crippen molar-refractivity contribution < 1.29 is 14.3 Å². The Labute approximate surface area is 228 Å². The number of hydrogen-bond donors (Lipinski definition) is 2. The Balaban J connectivity index is 1.05. The van der Waals surface area contributed by atoms with Crippen LogP contribution < -0.4 is 15.4 Å². The van der Waals surface area contributed by atoms with Gasteiger partial charge in [-0.05, 0) is 112 Å². The Hall–Kier alpha value is -3.25. The normalized spacial score (nSPS) is 25.1. The van der Waals surface area contributed by atoms with E-state index in [1.165, 1.54) is 36.6 Å². The molecule has 4 aliphatic carbocycles. The number of hydrogen-bond acceptors (Lipinski definition) is 4. The smallest absolute Gasteiger partial charge is 0.256 e. The molecule has 0 spiro atoms. The van der Waals surface area contributed by atoms with Gasteiger partial charge in [0.2, 0.25) is 5.91 Å². The number of carbonyl (C=O) groups is 2. The number of thioether (sulfide) groups is 1. The van der Waals surface area contributed by atoms with Crippen molar-refractivity contribution in [3.8, 4) is 11.5 Å². The van der Waals surface area contributed by atoms with Gasteiger partial charge in [-0.2, -0.15) is 0 Å². The molecule has 4 saturated carbocycles. The van der Waals surface area contributed by atoms with Crippen LogP contribution in [0.15, 0.2) is 77.7 Å². The number of carbonyl (C=O) groups excluding carboxylic acids is 2. The molecule has 6 heteroatoms. The predicted molar refractivity (Wildman–Crippen MR) is 152 cm³/mol. The van der Waals surface area contributed by atoms with E-state index in [0.29, 0.717) is 22.8 Å². The van der Waals surface area contributed by atoms with Crippen LogP contribution in [0.4, 0.5) is 5.69 Å². The molecule has 4 aliphatic rings. The first-order valence-electron chi connectivity index (χ1n) is 13.6. The quantitative estimate of drug-likeness (QED) is 0.304. The molecule has 0 atom stereocenters. The van der Waals surface area contributed by atoms with E-state index >= 15 is 0 Å². The standard InChI is InChI=1S/C32H34N2O3S/c1-21-6-10-26(11-7-21)37-27-12-8-25(9-13-27)33-31(36)28-4-2-3-5-29(28)38-20-30(35)34-32-17-22-14-23(18-32)16-24(15-22)19-32/h2-13,22-24H,14-20H2,1H3,(H,33,36)(H,34,35). The summed E-state index contributed by atoms with van der Waals surface area (Å²) in [5.41, 5.74) is 2.45. The molecule has 38 heavy (non-hydrogen) atoms. The fourth-order valence-corrected chi connectivity index (χ4v) is 7.92. The lowest BCUT2D eigenvalue weighted by atomic mass is 9.53. The van der Waals surface area contributed by atoms with Crippen molar-refractivity contribution in [1.82, 2.24) is 5.32 Å². The molecular formula is C32H34N2O3S. The van der Waals surface area contributed by atoms with Gasteiger partial charge in [-0.3, -0.25) is 9.59 Å². The molecule has 2 N–H and O–H groups in total. The average Bonchev–Trinajstić information content (AvgIpc) is 2.89. The third-order valence-corrected chi connectivity index (χ3v) is 9.38. The zero-order valence-electron chi connectivity index (χ0n) is 21.7. The van der Waals surface area contributed by atoms with Crippen LogP contribution in [0.5, 0.6) is 11.5 Å². The van der Waals surface area contributed by atoms with E-state index in [4.69, 9.17) is 4.74 Å². The molecule has 0 aliphatic heterocycles. The number of nitrogens with one attached hydrogen (secondary N) is 2. The predicted octanol–water partition coefficient (Wildman–Crippen LogP) is 7.22. The molecule has 196 valence electrons. The molecule has 3 aromatic carbocycles. The Morgan fingerprint density at radius 3 is 2.05 bits per heavy atom. The molecule has 0 saturated heterocycles. The summed E-state index contributed by atoms with van der Waals surface area (Å²) in [6.45, 7) is 2.04. The maximum atomic E-state index is 13.1. The van der Waals surface area contributed by atoms with Crippen molar-refractivity contribution in [2.75, 3.05) is 11.1 Å². The van der Waals surface area contributed by atoms with Gasteiger partial charge in [0.05, 0.1) is 11.3 Å². The number of amides is 2. The van der Waals surface area contributed by atoms with Gasteiger partial charge in [0.1, 0.15) is 11.5 Å². The molecule has 7 rings (SSSR count). The summed E-state index contributed by atoms with van der Waals surface area (Å²) in [4.78, 5) is 26.9. The molecule has 0 heterocycles. The molecule has 4 bridgehead atoms. The van der Waals surface area contributed by atoms with E-state index in [0.717, 1.165) is 47.7 Å². The van der Waals surface area contributed by atoms with Crippen molar-refractivity contribution in [2.45, 2.75) is 55.9 Å². The SMILES string of the molecule is Cc1ccc(Oc2ccc(NC(=O)c3ccccc3SCC(=O)NC34CC5CC(CC(C5)C3)C4)cc2)cc1. The van der Waals surface area contributed by atoms with E-state index in [1.54, 1.807) is 0 Å². The summed E-state index contributed by atoms with van der Waals surface area (Å²) in [5.74, 6) is 4.05. The minimum Gasteiger partial charge on any atom is -0.457 e. The first-order valence-corrected chi connectivity index (χ1v) is 14.6. The molecule has 5 nitrogen and oxygen atoms in total. The topological polar surface area (TPSA) is 67.4 Å².